The monoisotopic (exact) mass is 682 g/mol. The van der Waals surface area contributed by atoms with Crippen LogP contribution in [0.1, 0.15) is 21.6 Å². The molecule has 13 nitrogen and oxygen atoms in total. The number of piperazine rings is 1. The molecule has 1 fully saturated rings. The number of carbonyl (C=O) groups is 1. The van der Waals surface area contributed by atoms with Gasteiger partial charge in [-0.05, 0) is 60.2 Å². The Kier molecular flexibility index (Phi) is 8.02. The van der Waals surface area contributed by atoms with Crippen molar-refractivity contribution in [2.75, 3.05) is 36.4 Å². The zero-order valence-corrected chi connectivity index (χ0v) is 27.5. The SMILES string of the molecule is Cn1c2nc(Nc3ccc(N4CCN(C(=O)c5cc(Cc6n[nH]c(=O)c7ccccc67)ccc5F)CC4)cc3)ncc2c(=O)n1-c1ccncc1. The minimum atomic E-state index is -0.578. The van der Waals surface area contributed by atoms with Crippen molar-refractivity contribution in [1.82, 2.24) is 39.4 Å². The lowest BCUT2D eigenvalue weighted by Crippen LogP contribution is -2.49. The van der Waals surface area contributed by atoms with E-state index in [0.717, 1.165) is 16.9 Å². The molecule has 0 unspecified atom stereocenters. The number of aryl methyl sites for hydroxylation is 1. The normalized spacial score (nSPS) is 13.2. The van der Waals surface area contributed by atoms with Gasteiger partial charge in [-0.25, -0.2) is 19.2 Å². The number of aromatic amines is 1. The highest BCUT2D eigenvalue weighted by atomic mass is 19.1. The number of H-pyrrole nitrogens is 1. The molecule has 3 aromatic carbocycles. The molecule has 254 valence electrons. The molecule has 1 saturated heterocycles. The van der Waals surface area contributed by atoms with E-state index in [2.05, 4.69) is 35.4 Å². The second-order valence-electron chi connectivity index (χ2n) is 12.3. The van der Waals surface area contributed by atoms with Crippen LogP contribution in [0.2, 0.25) is 0 Å². The van der Waals surface area contributed by atoms with Gasteiger partial charge < -0.3 is 15.1 Å². The predicted molar refractivity (Wildman–Crippen MR) is 191 cm³/mol. The number of nitrogens with one attached hydrogen (secondary N) is 2. The van der Waals surface area contributed by atoms with E-state index < -0.39 is 5.82 Å². The second kappa shape index (κ2) is 13.0. The van der Waals surface area contributed by atoms with Crippen LogP contribution in [0, 0.1) is 5.82 Å². The maximum absolute atomic E-state index is 15.0. The van der Waals surface area contributed by atoms with E-state index in [1.54, 1.807) is 65.4 Å². The molecule has 0 atom stereocenters. The van der Waals surface area contributed by atoms with Gasteiger partial charge in [-0.2, -0.15) is 10.1 Å². The molecule has 1 aliphatic heterocycles. The fourth-order valence-electron chi connectivity index (χ4n) is 6.52. The van der Waals surface area contributed by atoms with Crippen LogP contribution >= 0.6 is 0 Å². The van der Waals surface area contributed by atoms with Crippen molar-refractivity contribution >= 4 is 45.0 Å². The molecule has 1 amide bonds. The predicted octanol–water partition coefficient (Wildman–Crippen LogP) is 4.19. The first-order valence-electron chi connectivity index (χ1n) is 16.4. The van der Waals surface area contributed by atoms with E-state index in [4.69, 9.17) is 0 Å². The van der Waals surface area contributed by atoms with Gasteiger partial charge in [-0.1, -0.05) is 24.3 Å². The van der Waals surface area contributed by atoms with Crippen LogP contribution < -0.4 is 21.3 Å². The largest absolute Gasteiger partial charge is 0.368 e. The maximum atomic E-state index is 15.0. The van der Waals surface area contributed by atoms with Crippen molar-refractivity contribution in [3.05, 3.63) is 141 Å². The molecule has 14 heteroatoms. The molecule has 51 heavy (non-hydrogen) atoms. The van der Waals surface area contributed by atoms with Gasteiger partial charge in [0.05, 0.1) is 22.3 Å². The lowest BCUT2D eigenvalue weighted by Gasteiger charge is -2.36. The Morgan fingerprint density at radius 1 is 0.882 bits per heavy atom. The molecule has 1 aliphatic rings. The topological polar surface area (TPSA) is 147 Å². The highest BCUT2D eigenvalue weighted by Gasteiger charge is 2.25. The Labute approximate surface area is 289 Å². The first kappa shape index (κ1) is 31.6. The Morgan fingerprint density at radius 2 is 1.63 bits per heavy atom. The minimum Gasteiger partial charge on any atom is -0.368 e. The molecule has 0 saturated carbocycles. The Hall–Kier alpha value is -6.70. The average Bonchev–Trinajstić information content (AvgIpc) is 3.42. The number of benzene rings is 3. The first-order chi connectivity index (χ1) is 24.8. The highest BCUT2D eigenvalue weighted by molar-refractivity contribution is 5.95. The molecular formula is C37H31FN10O3. The summed E-state index contributed by atoms with van der Waals surface area (Å²) >= 11 is 0. The molecule has 5 heterocycles. The van der Waals surface area contributed by atoms with Crippen LogP contribution in [0.5, 0.6) is 0 Å². The van der Waals surface area contributed by atoms with Crippen LogP contribution in [0.15, 0.2) is 107 Å². The number of nitrogens with zero attached hydrogens (tertiary/aromatic N) is 8. The number of anilines is 3. The smallest absolute Gasteiger partial charge is 0.282 e. The summed E-state index contributed by atoms with van der Waals surface area (Å²) in [7, 11) is 1.77. The summed E-state index contributed by atoms with van der Waals surface area (Å²) in [5, 5.41) is 11.6. The summed E-state index contributed by atoms with van der Waals surface area (Å²) in [5.74, 6) is -0.590. The van der Waals surface area contributed by atoms with E-state index in [1.165, 1.54) is 16.9 Å². The lowest BCUT2D eigenvalue weighted by atomic mass is 10.0. The Balaban J connectivity index is 0.918. The van der Waals surface area contributed by atoms with Crippen molar-refractivity contribution in [1.29, 1.82) is 0 Å². The molecule has 2 N–H and O–H groups in total. The highest BCUT2D eigenvalue weighted by Crippen LogP contribution is 2.24. The van der Waals surface area contributed by atoms with Crippen molar-refractivity contribution < 1.29 is 9.18 Å². The molecule has 0 radical (unpaired) electrons. The standard InChI is InChI=1S/C37H31FN10O3/c1-45-33-30(36(51)48(45)26-12-14-39-15-13-26)22-40-37(42-33)41-24-7-9-25(10-8-24)46-16-18-47(19-17-46)35(50)29-20-23(6-11-31(29)38)21-32-27-4-2-3-5-28(27)34(49)44-43-32/h2-15,20,22H,16-19,21H2,1H3,(H,44,49)(H,40,41,42). The van der Waals surface area contributed by atoms with Gasteiger partial charge in [0.2, 0.25) is 5.95 Å². The van der Waals surface area contributed by atoms with E-state index in [-0.39, 0.29) is 22.6 Å². The van der Waals surface area contributed by atoms with Gasteiger partial charge in [0, 0.05) is 75.0 Å². The van der Waals surface area contributed by atoms with Gasteiger partial charge in [0.1, 0.15) is 11.2 Å². The molecule has 0 aliphatic carbocycles. The molecule has 0 bridgehead atoms. The van der Waals surface area contributed by atoms with Gasteiger partial charge in [-0.15, -0.1) is 0 Å². The van der Waals surface area contributed by atoms with Crippen LogP contribution in [-0.4, -0.2) is 71.5 Å². The van der Waals surface area contributed by atoms with E-state index in [1.807, 2.05) is 36.4 Å². The fraction of sp³-hybridized carbons (Fsp3) is 0.162. The lowest BCUT2D eigenvalue weighted by molar-refractivity contribution is 0.0742. The van der Waals surface area contributed by atoms with Crippen molar-refractivity contribution in [3.63, 3.8) is 0 Å². The molecular weight excluding hydrogens is 651 g/mol. The van der Waals surface area contributed by atoms with Crippen LogP contribution in [0.4, 0.5) is 21.7 Å². The van der Waals surface area contributed by atoms with Crippen LogP contribution in [-0.2, 0) is 13.5 Å². The summed E-state index contributed by atoms with van der Waals surface area (Å²) in [5.41, 5.74) is 3.80. The number of hydrogen-bond acceptors (Lipinski definition) is 9. The summed E-state index contributed by atoms with van der Waals surface area (Å²) in [4.78, 5) is 55.6. The number of aromatic nitrogens is 7. The van der Waals surface area contributed by atoms with Gasteiger partial charge in [-0.3, -0.25) is 24.0 Å². The molecule has 8 rings (SSSR count). The number of pyridine rings is 1. The van der Waals surface area contributed by atoms with Crippen LogP contribution in [0.25, 0.3) is 27.5 Å². The number of fused-ring (bicyclic) bond motifs is 2. The number of hydrogen-bond donors (Lipinski definition) is 2. The summed E-state index contributed by atoms with van der Waals surface area (Å²) in [6.07, 6.45) is 5.10. The van der Waals surface area contributed by atoms with Crippen molar-refractivity contribution in [2.45, 2.75) is 6.42 Å². The zero-order valence-electron chi connectivity index (χ0n) is 27.5. The zero-order chi connectivity index (χ0) is 35.1. The molecule has 4 aromatic heterocycles. The maximum Gasteiger partial charge on any atom is 0.282 e. The van der Waals surface area contributed by atoms with E-state index in [9.17, 15) is 18.8 Å². The quantitative estimate of drug-likeness (QED) is 0.253. The van der Waals surface area contributed by atoms with E-state index in [0.29, 0.717) is 71.7 Å². The molecule has 0 spiro atoms. The van der Waals surface area contributed by atoms with Crippen molar-refractivity contribution in [2.24, 2.45) is 7.05 Å². The molecule has 7 aromatic rings. The third-order valence-electron chi connectivity index (χ3n) is 9.17. The van der Waals surface area contributed by atoms with Gasteiger partial charge in [0.25, 0.3) is 17.0 Å². The summed E-state index contributed by atoms with van der Waals surface area (Å²) in [6, 6.07) is 23.0. The van der Waals surface area contributed by atoms with Crippen molar-refractivity contribution in [3.8, 4) is 5.69 Å². The Bertz CT molecular complexity index is 2540. The second-order valence-corrected chi connectivity index (χ2v) is 12.3. The summed E-state index contributed by atoms with van der Waals surface area (Å²) in [6.45, 7) is 2.02. The van der Waals surface area contributed by atoms with E-state index >= 15 is 0 Å². The third-order valence-corrected chi connectivity index (χ3v) is 9.17. The average molecular weight is 683 g/mol. The fourth-order valence-corrected chi connectivity index (χ4v) is 6.52. The van der Waals surface area contributed by atoms with Gasteiger partial charge in [0.15, 0.2) is 5.65 Å². The summed E-state index contributed by atoms with van der Waals surface area (Å²) < 4.78 is 18.2. The number of halogens is 1. The first-order valence-corrected chi connectivity index (χ1v) is 16.4. The minimum absolute atomic E-state index is 0.0134. The van der Waals surface area contributed by atoms with Crippen LogP contribution in [0.3, 0.4) is 0 Å². The number of carbonyl (C=O) groups excluding carboxylic acids is 1. The third kappa shape index (κ3) is 5.96. The number of rotatable bonds is 7. The van der Waals surface area contributed by atoms with Gasteiger partial charge >= 0.3 is 0 Å². The number of amides is 1. The Morgan fingerprint density at radius 3 is 2.39 bits per heavy atom.